The lowest BCUT2D eigenvalue weighted by Crippen LogP contribution is -2.30. The van der Waals surface area contributed by atoms with Gasteiger partial charge in [-0.3, -0.25) is 4.90 Å². The largest absolute Gasteiger partial charge is 0.295 e. The van der Waals surface area contributed by atoms with Crippen molar-refractivity contribution in [1.29, 1.82) is 0 Å². The Kier molecular flexibility index (Phi) is 4.54. The van der Waals surface area contributed by atoms with E-state index < -0.39 is 0 Å². The number of rotatable bonds is 3. The minimum absolute atomic E-state index is 0.618. The molecule has 1 aromatic carbocycles. The molecule has 1 fully saturated rings. The summed E-state index contributed by atoms with van der Waals surface area (Å²) in [4.78, 5) is 2.45. The summed E-state index contributed by atoms with van der Waals surface area (Å²) < 4.78 is 0. The molecule has 1 unspecified atom stereocenters. The highest BCUT2D eigenvalue weighted by Crippen LogP contribution is 2.29. The van der Waals surface area contributed by atoms with Gasteiger partial charge in [-0.15, -0.1) is 0 Å². The van der Waals surface area contributed by atoms with Gasteiger partial charge in [0.05, 0.1) is 0 Å². The Morgan fingerprint density at radius 3 is 2.62 bits per heavy atom. The van der Waals surface area contributed by atoms with Crippen molar-refractivity contribution in [2.24, 2.45) is 0 Å². The molecule has 1 heterocycles. The van der Waals surface area contributed by atoms with Crippen LogP contribution in [0.4, 0.5) is 0 Å². The molecule has 16 heavy (non-hydrogen) atoms. The van der Waals surface area contributed by atoms with Crippen molar-refractivity contribution in [3.63, 3.8) is 0 Å². The monoisotopic (exact) mass is 321 g/mol. The lowest BCUT2D eigenvalue weighted by Gasteiger charge is -2.23. The molecule has 4 heteroatoms. The van der Waals surface area contributed by atoms with Crippen LogP contribution in [0.3, 0.4) is 0 Å². The Morgan fingerprint density at radius 1 is 1.31 bits per heavy atom. The lowest BCUT2D eigenvalue weighted by atomic mass is 10.2. The average Bonchev–Trinajstić information content (AvgIpc) is 2.71. The minimum atomic E-state index is 0.618. The van der Waals surface area contributed by atoms with Crippen molar-refractivity contribution in [2.75, 3.05) is 11.9 Å². The maximum absolute atomic E-state index is 6.18. The number of alkyl halides is 1. The summed E-state index contributed by atoms with van der Waals surface area (Å²) in [7, 11) is 0. The molecule has 0 aromatic heterocycles. The van der Waals surface area contributed by atoms with Crippen molar-refractivity contribution < 1.29 is 0 Å². The Bertz CT molecular complexity index is 350. The van der Waals surface area contributed by atoms with E-state index >= 15 is 0 Å². The number of benzene rings is 1. The van der Waals surface area contributed by atoms with Gasteiger partial charge < -0.3 is 0 Å². The van der Waals surface area contributed by atoms with Crippen LogP contribution >= 0.6 is 39.1 Å². The molecular formula is C12H14BrCl2N. The van der Waals surface area contributed by atoms with E-state index in [9.17, 15) is 0 Å². The highest BCUT2D eigenvalue weighted by Gasteiger charge is 2.24. The van der Waals surface area contributed by atoms with Gasteiger partial charge in [-0.25, -0.2) is 0 Å². The maximum atomic E-state index is 6.18. The third-order valence-electron chi connectivity index (χ3n) is 3.10. The molecule has 0 spiro atoms. The highest BCUT2D eigenvalue weighted by molar-refractivity contribution is 9.09. The molecule has 1 atom stereocenters. The fourth-order valence-electron chi connectivity index (χ4n) is 2.16. The third-order valence-corrected chi connectivity index (χ3v) is 4.56. The van der Waals surface area contributed by atoms with E-state index in [1.165, 1.54) is 12.8 Å². The second kappa shape index (κ2) is 5.72. The van der Waals surface area contributed by atoms with Crippen molar-refractivity contribution in [1.82, 2.24) is 4.90 Å². The van der Waals surface area contributed by atoms with Crippen molar-refractivity contribution in [3.8, 4) is 0 Å². The molecule has 0 aliphatic carbocycles. The smallest absolute Gasteiger partial charge is 0.0465 e. The number of halogens is 3. The van der Waals surface area contributed by atoms with Gasteiger partial charge in [0.2, 0.25) is 0 Å². The summed E-state index contributed by atoms with van der Waals surface area (Å²) in [6, 6.07) is 6.32. The van der Waals surface area contributed by atoms with E-state index in [1.54, 1.807) is 0 Å². The predicted octanol–water partition coefficient (Wildman–Crippen LogP) is 4.35. The van der Waals surface area contributed by atoms with Crippen LogP contribution in [-0.2, 0) is 6.54 Å². The average molecular weight is 323 g/mol. The van der Waals surface area contributed by atoms with Crippen LogP contribution < -0.4 is 0 Å². The van der Waals surface area contributed by atoms with E-state index in [2.05, 4.69) is 20.8 Å². The summed E-state index contributed by atoms with van der Waals surface area (Å²) >= 11 is 15.9. The molecule has 88 valence electrons. The number of hydrogen-bond acceptors (Lipinski definition) is 1. The highest BCUT2D eigenvalue weighted by atomic mass is 79.9. The Balaban J connectivity index is 2.14. The van der Waals surface area contributed by atoms with E-state index in [4.69, 9.17) is 23.2 Å². The quantitative estimate of drug-likeness (QED) is 0.748. The molecule has 1 saturated heterocycles. The summed E-state index contributed by atoms with van der Waals surface area (Å²) in [6.07, 6.45) is 2.52. The SMILES string of the molecule is Clc1cccc(Cl)c1CN1CCCC1CBr. The van der Waals surface area contributed by atoms with Gasteiger partial charge in [0.25, 0.3) is 0 Å². The van der Waals surface area contributed by atoms with Crippen LogP contribution in [0.1, 0.15) is 18.4 Å². The van der Waals surface area contributed by atoms with Crippen LogP contribution in [-0.4, -0.2) is 22.8 Å². The maximum Gasteiger partial charge on any atom is 0.0465 e. The fraction of sp³-hybridized carbons (Fsp3) is 0.500. The van der Waals surface area contributed by atoms with Crippen molar-refractivity contribution >= 4 is 39.1 Å². The third kappa shape index (κ3) is 2.73. The van der Waals surface area contributed by atoms with Crippen LogP contribution in [0.2, 0.25) is 10.0 Å². The van der Waals surface area contributed by atoms with Crippen LogP contribution in [0.15, 0.2) is 18.2 Å². The van der Waals surface area contributed by atoms with Gasteiger partial charge in [0.15, 0.2) is 0 Å². The predicted molar refractivity (Wildman–Crippen MR) is 73.7 cm³/mol. The Labute approximate surface area is 115 Å². The molecule has 1 aliphatic heterocycles. The summed E-state index contributed by atoms with van der Waals surface area (Å²) in [5.74, 6) is 0. The molecular weight excluding hydrogens is 309 g/mol. The van der Waals surface area contributed by atoms with E-state index in [0.717, 1.165) is 34.0 Å². The number of nitrogens with zero attached hydrogens (tertiary/aromatic N) is 1. The zero-order valence-corrected chi connectivity index (χ0v) is 12.0. The minimum Gasteiger partial charge on any atom is -0.295 e. The van der Waals surface area contributed by atoms with E-state index in [1.807, 2.05) is 18.2 Å². The zero-order chi connectivity index (χ0) is 11.5. The second-order valence-electron chi connectivity index (χ2n) is 4.12. The van der Waals surface area contributed by atoms with Gasteiger partial charge in [-0.2, -0.15) is 0 Å². The molecule has 1 nitrogen and oxygen atoms in total. The second-order valence-corrected chi connectivity index (χ2v) is 5.58. The molecule has 0 amide bonds. The van der Waals surface area contributed by atoms with Crippen LogP contribution in [0.25, 0.3) is 0 Å². The van der Waals surface area contributed by atoms with Gasteiger partial charge in [0, 0.05) is 33.5 Å². The number of hydrogen-bond donors (Lipinski definition) is 0. The molecule has 0 bridgehead atoms. The molecule has 0 saturated carbocycles. The summed E-state index contributed by atoms with van der Waals surface area (Å²) in [5.41, 5.74) is 1.05. The zero-order valence-electron chi connectivity index (χ0n) is 8.93. The normalized spacial score (nSPS) is 21.6. The molecule has 0 N–H and O–H groups in total. The Hall–Kier alpha value is 0.240. The van der Waals surface area contributed by atoms with Crippen molar-refractivity contribution in [2.45, 2.75) is 25.4 Å². The van der Waals surface area contributed by atoms with Gasteiger partial charge in [-0.1, -0.05) is 45.2 Å². The van der Waals surface area contributed by atoms with Crippen LogP contribution in [0, 0.1) is 0 Å². The first kappa shape index (κ1) is 12.7. The molecule has 1 aliphatic rings. The van der Waals surface area contributed by atoms with E-state index in [-0.39, 0.29) is 0 Å². The van der Waals surface area contributed by atoms with Gasteiger partial charge in [-0.05, 0) is 31.5 Å². The van der Waals surface area contributed by atoms with Crippen LogP contribution in [0.5, 0.6) is 0 Å². The van der Waals surface area contributed by atoms with E-state index in [0.29, 0.717) is 6.04 Å². The summed E-state index contributed by atoms with van der Waals surface area (Å²) in [6.45, 7) is 1.99. The van der Waals surface area contributed by atoms with Crippen molar-refractivity contribution in [3.05, 3.63) is 33.8 Å². The topological polar surface area (TPSA) is 3.24 Å². The Morgan fingerprint density at radius 2 is 2.00 bits per heavy atom. The molecule has 2 rings (SSSR count). The molecule has 1 aromatic rings. The number of likely N-dealkylation sites (tertiary alicyclic amines) is 1. The van der Waals surface area contributed by atoms with Gasteiger partial charge in [0.1, 0.15) is 0 Å². The first-order valence-corrected chi connectivity index (χ1v) is 7.33. The van der Waals surface area contributed by atoms with Gasteiger partial charge >= 0.3 is 0 Å². The molecule has 0 radical (unpaired) electrons. The lowest BCUT2D eigenvalue weighted by molar-refractivity contribution is 0.265. The standard InChI is InChI=1S/C12H14BrCl2N/c13-7-9-3-2-6-16(9)8-10-11(14)4-1-5-12(10)15/h1,4-5,9H,2-3,6-8H2. The first-order chi connectivity index (χ1) is 7.72. The summed E-state index contributed by atoms with van der Waals surface area (Å²) in [5, 5.41) is 2.56. The fourth-order valence-corrected chi connectivity index (χ4v) is 3.41. The first-order valence-electron chi connectivity index (χ1n) is 5.45.